The highest BCUT2D eigenvalue weighted by Gasteiger charge is 2.25. The first kappa shape index (κ1) is 20.4. The van der Waals surface area contributed by atoms with E-state index in [1.54, 1.807) is 6.20 Å². The average Bonchev–Trinajstić information content (AvgIpc) is 3.39. The zero-order chi connectivity index (χ0) is 20.8. The van der Waals surface area contributed by atoms with Crippen molar-refractivity contribution in [2.75, 3.05) is 31.1 Å². The van der Waals surface area contributed by atoms with E-state index in [0.717, 1.165) is 68.7 Å². The van der Waals surface area contributed by atoms with Crippen molar-refractivity contribution in [2.24, 2.45) is 4.99 Å². The van der Waals surface area contributed by atoms with Gasteiger partial charge in [0, 0.05) is 51.0 Å². The smallest absolute Gasteiger partial charge is 0.191 e. The summed E-state index contributed by atoms with van der Waals surface area (Å²) in [6, 6.07) is 9.98. The zero-order valence-electron chi connectivity index (χ0n) is 17.1. The molecule has 30 heavy (non-hydrogen) atoms. The van der Waals surface area contributed by atoms with Crippen LogP contribution >= 0.6 is 11.6 Å². The van der Waals surface area contributed by atoms with Gasteiger partial charge in [-0.3, -0.25) is 9.39 Å². The molecule has 0 bridgehead atoms. The minimum absolute atomic E-state index is 0.307. The number of nitrogens with one attached hydrogen (secondary N) is 2. The van der Waals surface area contributed by atoms with Gasteiger partial charge >= 0.3 is 0 Å². The van der Waals surface area contributed by atoms with Gasteiger partial charge in [0.05, 0.1) is 5.02 Å². The molecule has 3 aromatic heterocycles. The number of halogens is 1. The molecule has 158 valence electrons. The first-order valence-corrected chi connectivity index (χ1v) is 10.8. The molecule has 0 radical (unpaired) electrons. The highest BCUT2D eigenvalue weighted by Crippen LogP contribution is 2.25. The van der Waals surface area contributed by atoms with Crippen LogP contribution in [0, 0.1) is 0 Å². The van der Waals surface area contributed by atoms with Gasteiger partial charge in [0.2, 0.25) is 0 Å². The summed E-state index contributed by atoms with van der Waals surface area (Å²) in [6.07, 6.45) is 6.55. The normalized spacial score (nSPS) is 16.9. The van der Waals surface area contributed by atoms with E-state index >= 15 is 0 Å². The van der Waals surface area contributed by atoms with E-state index in [9.17, 15) is 0 Å². The number of aromatic nitrogens is 4. The molecular weight excluding hydrogens is 400 g/mol. The molecule has 3 aromatic rings. The molecular formula is C21H27ClN8. The van der Waals surface area contributed by atoms with Gasteiger partial charge < -0.3 is 15.5 Å². The number of hydrogen-bond acceptors (Lipinski definition) is 5. The lowest BCUT2D eigenvalue weighted by molar-refractivity contribution is 0.646. The fourth-order valence-corrected chi connectivity index (χ4v) is 3.92. The van der Waals surface area contributed by atoms with Crippen molar-refractivity contribution in [2.45, 2.75) is 32.2 Å². The molecule has 0 spiro atoms. The summed E-state index contributed by atoms with van der Waals surface area (Å²) in [6.45, 7) is 5.40. The maximum Gasteiger partial charge on any atom is 0.191 e. The Balaban J connectivity index is 1.30. The topological polar surface area (TPSA) is 82.7 Å². The molecule has 1 atom stereocenters. The number of hydrogen-bond donors (Lipinski definition) is 2. The second-order valence-corrected chi connectivity index (χ2v) is 7.70. The lowest BCUT2D eigenvalue weighted by Crippen LogP contribution is -2.44. The number of aryl methyl sites for hydroxylation is 1. The van der Waals surface area contributed by atoms with E-state index in [1.807, 2.05) is 40.9 Å². The molecule has 0 amide bonds. The van der Waals surface area contributed by atoms with Crippen molar-refractivity contribution in [1.29, 1.82) is 0 Å². The molecule has 0 saturated carbocycles. The van der Waals surface area contributed by atoms with Crippen LogP contribution in [0.25, 0.3) is 5.65 Å². The van der Waals surface area contributed by atoms with E-state index in [4.69, 9.17) is 16.6 Å². The van der Waals surface area contributed by atoms with E-state index in [-0.39, 0.29) is 0 Å². The van der Waals surface area contributed by atoms with Crippen molar-refractivity contribution < 1.29 is 0 Å². The Morgan fingerprint density at radius 2 is 2.20 bits per heavy atom. The quantitative estimate of drug-likeness (QED) is 0.343. The molecule has 0 aromatic carbocycles. The monoisotopic (exact) mass is 426 g/mol. The van der Waals surface area contributed by atoms with Crippen molar-refractivity contribution in [1.82, 2.24) is 30.2 Å². The first-order valence-electron chi connectivity index (χ1n) is 10.4. The highest BCUT2D eigenvalue weighted by molar-refractivity contribution is 6.32. The minimum Gasteiger partial charge on any atom is -0.357 e. The van der Waals surface area contributed by atoms with Gasteiger partial charge in [-0.25, -0.2) is 4.98 Å². The molecule has 0 aliphatic carbocycles. The van der Waals surface area contributed by atoms with E-state index < -0.39 is 0 Å². The lowest BCUT2D eigenvalue weighted by atomic mass is 10.2. The molecule has 1 saturated heterocycles. The van der Waals surface area contributed by atoms with Crippen LogP contribution in [0.2, 0.25) is 5.02 Å². The zero-order valence-corrected chi connectivity index (χ0v) is 17.9. The number of rotatable bonds is 7. The van der Waals surface area contributed by atoms with Crippen LogP contribution in [-0.2, 0) is 6.42 Å². The maximum absolute atomic E-state index is 6.30. The van der Waals surface area contributed by atoms with E-state index in [2.05, 4.69) is 37.6 Å². The van der Waals surface area contributed by atoms with Crippen LogP contribution in [0.1, 0.15) is 25.6 Å². The van der Waals surface area contributed by atoms with Gasteiger partial charge in [-0.05, 0) is 44.0 Å². The molecule has 1 aliphatic heterocycles. The highest BCUT2D eigenvalue weighted by atomic mass is 35.5. The molecule has 4 heterocycles. The fourth-order valence-electron chi connectivity index (χ4n) is 3.68. The number of pyridine rings is 2. The van der Waals surface area contributed by atoms with Crippen molar-refractivity contribution in [3.63, 3.8) is 0 Å². The summed E-state index contributed by atoms with van der Waals surface area (Å²) in [7, 11) is 0. The van der Waals surface area contributed by atoms with Crippen LogP contribution < -0.4 is 15.5 Å². The standard InChI is InChI=1S/C21H27ClN8/c1-2-23-21(25-12-6-9-19-28-27-18-8-3-4-13-30(18)19)26-16-10-14-29(15-16)20-17(22)7-5-11-24-20/h3-5,7-8,11,13,16H,2,6,9-10,12,14-15H2,1H3,(H2,23,25,26). The third-order valence-electron chi connectivity index (χ3n) is 5.12. The van der Waals surface area contributed by atoms with Crippen LogP contribution in [0.3, 0.4) is 0 Å². The summed E-state index contributed by atoms with van der Waals surface area (Å²) >= 11 is 6.30. The molecule has 2 N–H and O–H groups in total. The van der Waals surface area contributed by atoms with Gasteiger partial charge in [0.25, 0.3) is 0 Å². The Bertz CT molecular complexity index is 1000. The number of guanidine groups is 1. The molecule has 1 fully saturated rings. The van der Waals surface area contributed by atoms with Gasteiger partial charge in [-0.2, -0.15) is 0 Å². The summed E-state index contributed by atoms with van der Waals surface area (Å²) in [5.41, 5.74) is 0.879. The predicted molar refractivity (Wildman–Crippen MR) is 120 cm³/mol. The Labute approximate surface area is 181 Å². The summed E-state index contributed by atoms with van der Waals surface area (Å²) in [5.74, 6) is 2.67. The molecule has 8 nitrogen and oxygen atoms in total. The van der Waals surface area contributed by atoms with Crippen molar-refractivity contribution >= 4 is 29.0 Å². The number of fused-ring (bicyclic) bond motifs is 1. The summed E-state index contributed by atoms with van der Waals surface area (Å²) in [4.78, 5) is 11.4. The summed E-state index contributed by atoms with van der Waals surface area (Å²) < 4.78 is 2.03. The lowest BCUT2D eigenvalue weighted by Gasteiger charge is -2.20. The molecule has 1 aliphatic rings. The van der Waals surface area contributed by atoms with Gasteiger partial charge in [0.15, 0.2) is 11.6 Å². The second-order valence-electron chi connectivity index (χ2n) is 7.29. The third-order valence-corrected chi connectivity index (χ3v) is 5.42. The van der Waals surface area contributed by atoms with E-state index in [0.29, 0.717) is 11.1 Å². The van der Waals surface area contributed by atoms with Crippen molar-refractivity contribution in [3.8, 4) is 0 Å². The Kier molecular flexibility index (Phi) is 6.63. The van der Waals surface area contributed by atoms with Crippen LogP contribution in [0.15, 0.2) is 47.7 Å². The van der Waals surface area contributed by atoms with Gasteiger partial charge in [-0.1, -0.05) is 17.7 Å². The summed E-state index contributed by atoms with van der Waals surface area (Å²) in [5, 5.41) is 16.1. The number of anilines is 1. The SMILES string of the molecule is CCNC(=NCCCc1nnc2ccccn12)NC1CCN(c2ncccc2Cl)C1. The van der Waals surface area contributed by atoms with Gasteiger partial charge in [-0.15, -0.1) is 10.2 Å². The average molecular weight is 427 g/mol. The predicted octanol–water partition coefficient (Wildman–Crippen LogP) is 2.54. The minimum atomic E-state index is 0.307. The largest absolute Gasteiger partial charge is 0.357 e. The Hall–Kier alpha value is -2.87. The Morgan fingerprint density at radius 3 is 3.07 bits per heavy atom. The molecule has 9 heteroatoms. The maximum atomic E-state index is 6.30. The molecule has 1 unspecified atom stereocenters. The van der Waals surface area contributed by atoms with Crippen LogP contribution in [-0.4, -0.2) is 57.8 Å². The first-order chi connectivity index (χ1) is 14.7. The second kappa shape index (κ2) is 9.75. The Morgan fingerprint density at radius 1 is 1.27 bits per heavy atom. The van der Waals surface area contributed by atoms with Crippen LogP contribution in [0.4, 0.5) is 5.82 Å². The van der Waals surface area contributed by atoms with Crippen LogP contribution in [0.5, 0.6) is 0 Å². The number of aliphatic imine (C=N–C) groups is 1. The number of nitrogens with zero attached hydrogens (tertiary/aromatic N) is 6. The van der Waals surface area contributed by atoms with Gasteiger partial charge in [0.1, 0.15) is 11.6 Å². The third kappa shape index (κ3) is 4.81. The van der Waals surface area contributed by atoms with E-state index in [1.165, 1.54) is 0 Å². The molecule has 4 rings (SSSR count). The van der Waals surface area contributed by atoms with Crippen molar-refractivity contribution in [3.05, 3.63) is 53.6 Å². The fraction of sp³-hybridized carbons (Fsp3) is 0.429.